The number of amides is 4. The highest BCUT2D eigenvalue weighted by atomic mass is 19.1. The molecule has 1 fully saturated rings. The van der Waals surface area contributed by atoms with Crippen molar-refractivity contribution in [2.45, 2.75) is 45.6 Å². The molecule has 1 N–H and O–H groups in total. The van der Waals surface area contributed by atoms with Crippen molar-refractivity contribution < 1.29 is 18.8 Å². The number of para-hydroxylation sites is 1. The number of carbonyl (C=O) groups excluding carboxylic acids is 3. The summed E-state index contributed by atoms with van der Waals surface area (Å²) in [6.07, 6.45) is 2.43. The molecular weight excluding hydrogens is 409 g/mol. The predicted octanol–water partition coefficient (Wildman–Crippen LogP) is 4.60. The van der Waals surface area contributed by atoms with E-state index in [0.717, 1.165) is 30.3 Å². The molecule has 2 heterocycles. The third kappa shape index (κ3) is 3.57. The van der Waals surface area contributed by atoms with E-state index in [1.54, 1.807) is 0 Å². The van der Waals surface area contributed by atoms with Gasteiger partial charge in [0.05, 0.1) is 5.69 Å². The fourth-order valence-electron chi connectivity index (χ4n) is 4.87. The number of barbiturate groups is 1. The number of hydrogen-bond acceptors (Lipinski definition) is 4. The molecule has 6 nitrogen and oxygen atoms in total. The van der Waals surface area contributed by atoms with Crippen LogP contribution < -0.4 is 15.1 Å². The molecule has 2 aromatic rings. The number of hydrogen-bond donors (Lipinski definition) is 1. The molecule has 0 spiro atoms. The van der Waals surface area contributed by atoms with Gasteiger partial charge in [0.25, 0.3) is 11.8 Å². The molecule has 0 bridgehead atoms. The average Bonchev–Trinajstić information content (AvgIpc) is 2.72. The third-order valence-electron chi connectivity index (χ3n) is 6.23. The van der Waals surface area contributed by atoms with Crippen LogP contribution in [-0.2, 0) is 9.59 Å². The molecule has 0 aromatic heterocycles. The van der Waals surface area contributed by atoms with E-state index in [2.05, 4.69) is 37.9 Å². The third-order valence-corrected chi connectivity index (χ3v) is 6.23. The minimum atomic E-state index is -0.970. The Kier molecular flexibility index (Phi) is 5.36. The Morgan fingerprint density at radius 2 is 1.84 bits per heavy atom. The zero-order valence-corrected chi connectivity index (χ0v) is 18.6. The van der Waals surface area contributed by atoms with E-state index in [9.17, 15) is 18.8 Å². The zero-order valence-electron chi connectivity index (χ0n) is 18.6. The number of rotatable bonds is 3. The summed E-state index contributed by atoms with van der Waals surface area (Å²) in [7, 11) is 0. The minimum Gasteiger partial charge on any atom is -0.366 e. The van der Waals surface area contributed by atoms with Gasteiger partial charge in [0, 0.05) is 17.8 Å². The number of halogens is 1. The molecule has 0 aliphatic carbocycles. The Morgan fingerprint density at radius 3 is 2.53 bits per heavy atom. The van der Waals surface area contributed by atoms with Crippen LogP contribution in [-0.4, -0.2) is 29.9 Å². The van der Waals surface area contributed by atoms with Crippen molar-refractivity contribution in [3.63, 3.8) is 0 Å². The molecule has 7 heteroatoms. The minimum absolute atomic E-state index is 0.0288. The summed E-state index contributed by atoms with van der Waals surface area (Å²) in [5.74, 6) is -2.08. The smallest absolute Gasteiger partial charge is 0.336 e. The summed E-state index contributed by atoms with van der Waals surface area (Å²) in [5.41, 5.74) is 2.57. The molecule has 0 saturated carbocycles. The van der Waals surface area contributed by atoms with Gasteiger partial charge in [-0.1, -0.05) is 25.1 Å². The van der Waals surface area contributed by atoms with E-state index in [1.807, 2.05) is 18.2 Å². The normalized spacial score (nSPS) is 21.6. The van der Waals surface area contributed by atoms with Crippen LogP contribution in [0.2, 0.25) is 0 Å². The Balaban J connectivity index is 1.74. The van der Waals surface area contributed by atoms with E-state index < -0.39 is 23.7 Å². The van der Waals surface area contributed by atoms with E-state index in [4.69, 9.17) is 0 Å². The fraction of sp³-hybridized carbons (Fsp3) is 0.320. The largest absolute Gasteiger partial charge is 0.366 e. The molecule has 1 atom stereocenters. The molecule has 4 rings (SSSR count). The number of nitrogens with zero attached hydrogens (tertiary/aromatic N) is 2. The molecule has 166 valence electrons. The van der Waals surface area contributed by atoms with Gasteiger partial charge < -0.3 is 4.90 Å². The van der Waals surface area contributed by atoms with Crippen LogP contribution in [0.3, 0.4) is 0 Å². The number of imide groups is 2. The van der Waals surface area contributed by atoms with Gasteiger partial charge in [-0.2, -0.15) is 0 Å². The van der Waals surface area contributed by atoms with E-state index in [-0.39, 0.29) is 16.8 Å². The molecular formula is C25H26FN3O3. The monoisotopic (exact) mass is 435 g/mol. The maximum Gasteiger partial charge on any atom is 0.336 e. The van der Waals surface area contributed by atoms with Gasteiger partial charge in [0.1, 0.15) is 11.4 Å². The van der Waals surface area contributed by atoms with Gasteiger partial charge in [0.2, 0.25) is 0 Å². The van der Waals surface area contributed by atoms with E-state index >= 15 is 0 Å². The molecule has 32 heavy (non-hydrogen) atoms. The highest BCUT2D eigenvalue weighted by Gasteiger charge is 2.38. The van der Waals surface area contributed by atoms with Crippen molar-refractivity contribution in [1.82, 2.24) is 5.32 Å². The lowest BCUT2D eigenvalue weighted by molar-refractivity contribution is -0.122. The first-order chi connectivity index (χ1) is 15.1. The molecule has 2 aliphatic heterocycles. The van der Waals surface area contributed by atoms with Crippen LogP contribution in [0.1, 0.15) is 51.2 Å². The lowest BCUT2D eigenvalue weighted by Gasteiger charge is -2.47. The highest BCUT2D eigenvalue weighted by Crippen LogP contribution is 2.43. The van der Waals surface area contributed by atoms with E-state index in [1.165, 1.54) is 24.3 Å². The number of nitrogens with one attached hydrogen (secondary N) is 1. The lowest BCUT2D eigenvalue weighted by atomic mass is 9.79. The Bertz CT molecular complexity index is 1150. The summed E-state index contributed by atoms with van der Waals surface area (Å²) in [6, 6.07) is 10.3. The van der Waals surface area contributed by atoms with Crippen LogP contribution in [0.25, 0.3) is 6.08 Å². The summed E-state index contributed by atoms with van der Waals surface area (Å²) >= 11 is 0. The topological polar surface area (TPSA) is 69.7 Å². The second kappa shape index (κ2) is 7.89. The molecule has 0 unspecified atom stereocenters. The fourth-order valence-corrected chi connectivity index (χ4v) is 4.87. The Morgan fingerprint density at radius 1 is 1.12 bits per heavy atom. The number of fused-ring (bicyclic) bond motifs is 1. The Hall–Kier alpha value is -3.48. The van der Waals surface area contributed by atoms with Crippen LogP contribution in [0.5, 0.6) is 0 Å². The summed E-state index contributed by atoms with van der Waals surface area (Å²) in [6.45, 7) is 9.61. The first kappa shape index (κ1) is 21.7. The number of benzene rings is 2. The second-order valence-corrected chi connectivity index (χ2v) is 8.89. The van der Waals surface area contributed by atoms with Gasteiger partial charge in [-0.25, -0.2) is 14.1 Å². The van der Waals surface area contributed by atoms with Gasteiger partial charge >= 0.3 is 6.03 Å². The lowest BCUT2D eigenvalue weighted by Crippen LogP contribution is -2.54. The van der Waals surface area contributed by atoms with Crippen LogP contribution >= 0.6 is 0 Å². The quantitative estimate of drug-likeness (QED) is 0.565. The van der Waals surface area contributed by atoms with Crippen molar-refractivity contribution in [2.75, 3.05) is 16.3 Å². The molecule has 2 aromatic carbocycles. The summed E-state index contributed by atoms with van der Waals surface area (Å²) < 4.78 is 14.3. The standard InChI is InChI=1S/C25H26FN3O3/c1-5-28-20-11-10-16(12-17(20)15(2)14-25(28,3)4)13-18-22(30)27-24(32)29(23(18)31)21-9-7-6-8-19(21)26/h6-13,15H,5,14H2,1-4H3,(H,27,30,32)/b18-13+/t15-/m0/s1. The molecule has 4 amide bonds. The Labute approximate surface area is 186 Å². The number of anilines is 2. The molecule has 1 saturated heterocycles. The highest BCUT2D eigenvalue weighted by molar-refractivity contribution is 6.39. The average molecular weight is 435 g/mol. The van der Waals surface area contributed by atoms with Crippen molar-refractivity contribution in [3.8, 4) is 0 Å². The van der Waals surface area contributed by atoms with Crippen LogP contribution in [0, 0.1) is 5.82 Å². The van der Waals surface area contributed by atoms with Gasteiger partial charge in [0.15, 0.2) is 0 Å². The van der Waals surface area contributed by atoms with Crippen LogP contribution in [0.4, 0.5) is 20.6 Å². The maximum absolute atomic E-state index is 14.3. The first-order valence-electron chi connectivity index (χ1n) is 10.7. The van der Waals surface area contributed by atoms with Gasteiger partial charge in [-0.05, 0) is 74.6 Å². The molecule has 2 aliphatic rings. The SMILES string of the molecule is CCN1c2ccc(/C=C3\C(=O)NC(=O)N(c4ccccc4F)C3=O)cc2[C@@H](C)CC1(C)C. The predicted molar refractivity (Wildman–Crippen MR) is 122 cm³/mol. The zero-order chi connectivity index (χ0) is 23.2. The van der Waals surface area contributed by atoms with Crippen molar-refractivity contribution >= 4 is 35.3 Å². The van der Waals surface area contributed by atoms with Crippen molar-refractivity contribution in [2.24, 2.45) is 0 Å². The van der Waals surface area contributed by atoms with Gasteiger partial charge in [-0.15, -0.1) is 0 Å². The summed E-state index contributed by atoms with van der Waals surface area (Å²) in [5, 5.41) is 2.14. The van der Waals surface area contributed by atoms with Crippen LogP contribution in [0.15, 0.2) is 48.0 Å². The summed E-state index contributed by atoms with van der Waals surface area (Å²) in [4.78, 5) is 40.8. The van der Waals surface area contributed by atoms with E-state index in [0.29, 0.717) is 16.4 Å². The maximum atomic E-state index is 14.3. The number of carbonyl (C=O) groups is 3. The number of urea groups is 1. The first-order valence-corrected chi connectivity index (χ1v) is 10.7. The van der Waals surface area contributed by atoms with Crippen molar-refractivity contribution in [3.05, 3.63) is 65.0 Å². The molecule has 0 radical (unpaired) electrons. The van der Waals surface area contributed by atoms with Gasteiger partial charge in [-0.3, -0.25) is 14.9 Å². The second-order valence-electron chi connectivity index (χ2n) is 8.89. The van der Waals surface area contributed by atoms with Crippen molar-refractivity contribution in [1.29, 1.82) is 0 Å².